The summed E-state index contributed by atoms with van der Waals surface area (Å²) >= 11 is 5.81. The molecule has 1 heterocycles. The fourth-order valence-corrected chi connectivity index (χ4v) is 4.52. The van der Waals surface area contributed by atoms with Gasteiger partial charge in [-0.15, -0.1) is 0 Å². The molecule has 3 rings (SSSR count). The molecule has 0 saturated heterocycles. The molecule has 0 unspecified atom stereocenters. The van der Waals surface area contributed by atoms with Crippen LogP contribution in [0.3, 0.4) is 0 Å². The molecule has 0 bridgehead atoms. The van der Waals surface area contributed by atoms with Crippen molar-refractivity contribution in [1.29, 1.82) is 0 Å². The van der Waals surface area contributed by atoms with Gasteiger partial charge in [-0.05, 0) is 100.0 Å². The standard InChI is InChI=1S/C27H36N4OS/c1-6-30(7-2)12-9-13-31(27(33)28-23-11-8-10-19(3)15-23)18-22-17-24-21(5)14-20(4)16-25(24)29-26(22)32/h8,10-11,14-17H,6-7,9,12-13,18H2,1-5H3,(H,28,33)(H,29,32). The van der Waals surface area contributed by atoms with Gasteiger partial charge in [0.2, 0.25) is 0 Å². The predicted octanol–water partition coefficient (Wildman–Crippen LogP) is 5.38. The molecule has 1 aromatic heterocycles. The molecule has 0 amide bonds. The predicted molar refractivity (Wildman–Crippen MR) is 144 cm³/mol. The van der Waals surface area contributed by atoms with Crippen LogP contribution < -0.4 is 10.9 Å². The van der Waals surface area contributed by atoms with Gasteiger partial charge in [-0.25, -0.2) is 0 Å². The number of nitrogens with zero attached hydrogens (tertiary/aromatic N) is 2. The third kappa shape index (κ3) is 6.65. The smallest absolute Gasteiger partial charge is 0.253 e. The second-order valence-corrected chi connectivity index (χ2v) is 9.16. The average molecular weight is 465 g/mol. The molecule has 2 N–H and O–H groups in total. The van der Waals surface area contributed by atoms with Crippen LogP contribution in [-0.2, 0) is 6.54 Å². The number of thiocarbonyl (C=S) groups is 1. The van der Waals surface area contributed by atoms with E-state index in [1.807, 2.05) is 31.2 Å². The van der Waals surface area contributed by atoms with E-state index in [4.69, 9.17) is 12.2 Å². The largest absolute Gasteiger partial charge is 0.344 e. The first-order valence-corrected chi connectivity index (χ1v) is 12.2. The van der Waals surface area contributed by atoms with Crippen molar-refractivity contribution in [3.63, 3.8) is 0 Å². The summed E-state index contributed by atoms with van der Waals surface area (Å²) in [6.45, 7) is 14.9. The van der Waals surface area contributed by atoms with E-state index in [2.05, 4.69) is 66.0 Å². The van der Waals surface area contributed by atoms with Crippen LogP contribution in [0.4, 0.5) is 5.69 Å². The molecule has 3 aromatic rings. The second-order valence-electron chi connectivity index (χ2n) is 8.77. The topological polar surface area (TPSA) is 51.4 Å². The Morgan fingerprint density at radius 2 is 1.76 bits per heavy atom. The lowest BCUT2D eigenvalue weighted by molar-refractivity contribution is 0.281. The van der Waals surface area contributed by atoms with Gasteiger partial charge in [0.15, 0.2) is 5.11 Å². The summed E-state index contributed by atoms with van der Waals surface area (Å²) in [5, 5.41) is 5.09. The van der Waals surface area contributed by atoms with Gasteiger partial charge in [-0.3, -0.25) is 4.79 Å². The van der Waals surface area contributed by atoms with Gasteiger partial charge in [-0.2, -0.15) is 0 Å². The first kappa shape index (κ1) is 24.9. The molecule has 0 saturated carbocycles. The van der Waals surface area contributed by atoms with E-state index >= 15 is 0 Å². The van der Waals surface area contributed by atoms with Crippen molar-refractivity contribution in [2.45, 2.75) is 47.6 Å². The van der Waals surface area contributed by atoms with E-state index in [0.717, 1.165) is 65.9 Å². The van der Waals surface area contributed by atoms with Crippen molar-refractivity contribution in [2.75, 3.05) is 31.5 Å². The van der Waals surface area contributed by atoms with Crippen molar-refractivity contribution in [3.8, 4) is 0 Å². The molecule has 0 aliphatic carbocycles. The summed E-state index contributed by atoms with van der Waals surface area (Å²) in [5.41, 5.74) is 6.00. The Morgan fingerprint density at radius 3 is 2.45 bits per heavy atom. The van der Waals surface area contributed by atoms with E-state index < -0.39 is 0 Å². The molecule has 5 nitrogen and oxygen atoms in total. The fourth-order valence-electron chi connectivity index (χ4n) is 4.24. The van der Waals surface area contributed by atoms with Crippen molar-refractivity contribution < 1.29 is 0 Å². The maximum Gasteiger partial charge on any atom is 0.253 e. The Balaban J connectivity index is 1.85. The molecular weight excluding hydrogens is 428 g/mol. The Kier molecular flexibility index (Phi) is 8.64. The third-order valence-electron chi connectivity index (χ3n) is 6.10. The number of hydrogen-bond acceptors (Lipinski definition) is 3. The molecule has 2 aromatic carbocycles. The molecule has 6 heteroatoms. The van der Waals surface area contributed by atoms with Crippen LogP contribution in [0.2, 0.25) is 0 Å². The van der Waals surface area contributed by atoms with Crippen LogP contribution in [0.5, 0.6) is 0 Å². The minimum atomic E-state index is -0.0559. The van der Waals surface area contributed by atoms with Crippen molar-refractivity contribution in [3.05, 3.63) is 75.1 Å². The molecule has 0 radical (unpaired) electrons. The average Bonchev–Trinajstić information content (AvgIpc) is 2.76. The van der Waals surface area contributed by atoms with Crippen LogP contribution in [0, 0.1) is 20.8 Å². The third-order valence-corrected chi connectivity index (χ3v) is 6.46. The van der Waals surface area contributed by atoms with E-state index in [0.29, 0.717) is 11.7 Å². The first-order chi connectivity index (χ1) is 15.8. The van der Waals surface area contributed by atoms with Gasteiger partial charge >= 0.3 is 0 Å². The molecule has 0 atom stereocenters. The maximum atomic E-state index is 12.9. The molecule has 0 aliphatic heterocycles. The number of anilines is 1. The van der Waals surface area contributed by atoms with Gasteiger partial charge < -0.3 is 20.1 Å². The van der Waals surface area contributed by atoms with Crippen LogP contribution in [-0.4, -0.2) is 46.1 Å². The highest BCUT2D eigenvalue weighted by Gasteiger charge is 2.15. The zero-order chi connectivity index (χ0) is 24.0. The highest BCUT2D eigenvalue weighted by molar-refractivity contribution is 7.80. The van der Waals surface area contributed by atoms with Gasteiger partial charge in [0.25, 0.3) is 5.56 Å². The minimum Gasteiger partial charge on any atom is -0.344 e. The number of pyridine rings is 1. The zero-order valence-electron chi connectivity index (χ0n) is 20.5. The van der Waals surface area contributed by atoms with Crippen LogP contribution in [0.15, 0.2) is 47.3 Å². The number of hydrogen-bond donors (Lipinski definition) is 2. The lowest BCUT2D eigenvalue weighted by atomic mass is 10.0. The Labute approximate surface area is 202 Å². The molecule has 176 valence electrons. The molecule has 0 fully saturated rings. The second kappa shape index (κ2) is 11.4. The summed E-state index contributed by atoms with van der Waals surface area (Å²) in [6, 6.07) is 14.4. The zero-order valence-corrected chi connectivity index (χ0v) is 21.3. The summed E-state index contributed by atoms with van der Waals surface area (Å²) in [7, 11) is 0. The van der Waals surface area contributed by atoms with Gasteiger partial charge in [0.05, 0.1) is 6.54 Å². The van der Waals surface area contributed by atoms with Crippen molar-refractivity contribution in [2.24, 2.45) is 0 Å². The van der Waals surface area contributed by atoms with E-state index in [1.54, 1.807) is 0 Å². The van der Waals surface area contributed by atoms with E-state index in [9.17, 15) is 4.79 Å². The normalized spacial score (nSPS) is 11.2. The van der Waals surface area contributed by atoms with Crippen molar-refractivity contribution >= 4 is 33.9 Å². The van der Waals surface area contributed by atoms with Gasteiger partial charge in [-0.1, -0.05) is 32.0 Å². The number of fused-ring (bicyclic) bond motifs is 1. The molecule has 0 spiro atoms. The summed E-state index contributed by atoms with van der Waals surface area (Å²) in [4.78, 5) is 20.5. The van der Waals surface area contributed by atoms with Gasteiger partial charge in [0.1, 0.15) is 0 Å². The van der Waals surface area contributed by atoms with Gasteiger partial charge in [0, 0.05) is 28.7 Å². The molecular formula is C27H36N4OS. The van der Waals surface area contributed by atoms with E-state index in [-0.39, 0.29) is 5.56 Å². The summed E-state index contributed by atoms with van der Waals surface area (Å²) in [5.74, 6) is 0. The molecule has 33 heavy (non-hydrogen) atoms. The quantitative estimate of drug-likeness (QED) is 0.416. The highest BCUT2D eigenvalue weighted by Crippen LogP contribution is 2.19. The van der Waals surface area contributed by atoms with Crippen LogP contribution in [0.1, 0.15) is 42.5 Å². The summed E-state index contributed by atoms with van der Waals surface area (Å²) < 4.78 is 0. The number of aromatic nitrogens is 1. The number of aromatic amines is 1. The number of H-pyrrole nitrogens is 1. The van der Waals surface area contributed by atoms with E-state index in [1.165, 1.54) is 5.56 Å². The van der Waals surface area contributed by atoms with Crippen LogP contribution in [0.25, 0.3) is 10.9 Å². The Morgan fingerprint density at radius 1 is 1.00 bits per heavy atom. The number of aryl methyl sites for hydroxylation is 3. The van der Waals surface area contributed by atoms with Crippen LogP contribution >= 0.6 is 12.2 Å². The van der Waals surface area contributed by atoms with Crippen molar-refractivity contribution in [1.82, 2.24) is 14.8 Å². The number of benzene rings is 2. The number of nitrogens with one attached hydrogen (secondary N) is 2. The highest BCUT2D eigenvalue weighted by atomic mass is 32.1. The number of rotatable bonds is 9. The Hall–Kier alpha value is -2.70. The fraction of sp³-hybridized carbons (Fsp3) is 0.407. The first-order valence-electron chi connectivity index (χ1n) is 11.8. The summed E-state index contributed by atoms with van der Waals surface area (Å²) in [6.07, 6.45) is 0.973. The lowest BCUT2D eigenvalue weighted by Gasteiger charge is -2.27. The monoisotopic (exact) mass is 464 g/mol. The lowest BCUT2D eigenvalue weighted by Crippen LogP contribution is -2.38. The SMILES string of the molecule is CCN(CC)CCCN(Cc1cc2c(C)cc(C)cc2[nH]c1=O)C(=S)Nc1cccc(C)c1. The molecule has 0 aliphatic rings. The maximum absolute atomic E-state index is 12.9. The Bertz CT molecular complexity index is 1170. The minimum absolute atomic E-state index is 0.0559.